The number of aromatic nitrogens is 2. The van der Waals surface area contributed by atoms with Gasteiger partial charge in [-0.25, -0.2) is 9.97 Å². The number of nitriles is 1. The van der Waals surface area contributed by atoms with E-state index >= 15 is 0 Å². The Morgan fingerprint density at radius 2 is 1.92 bits per heavy atom. The van der Waals surface area contributed by atoms with Gasteiger partial charge in [-0.1, -0.05) is 6.07 Å². The number of anilines is 2. The molecule has 3 aromatic rings. The van der Waals surface area contributed by atoms with Crippen LogP contribution >= 0.6 is 0 Å². The van der Waals surface area contributed by atoms with Crippen LogP contribution in [0.2, 0.25) is 0 Å². The minimum absolute atomic E-state index is 0.250. The van der Waals surface area contributed by atoms with E-state index in [0.717, 1.165) is 65.9 Å². The van der Waals surface area contributed by atoms with E-state index in [1.807, 2.05) is 45.2 Å². The van der Waals surface area contributed by atoms with Crippen LogP contribution in [0.15, 0.2) is 34.9 Å². The zero-order chi connectivity index (χ0) is 25.4. The molecule has 1 fully saturated rings. The number of nitrogens with one attached hydrogen (secondary N) is 1. The van der Waals surface area contributed by atoms with Crippen LogP contribution in [0, 0.1) is 37.5 Å². The summed E-state index contributed by atoms with van der Waals surface area (Å²) < 4.78 is 11.3. The molecule has 2 aromatic heterocycles. The lowest BCUT2D eigenvalue weighted by atomic mass is 9.82. The molecule has 1 aromatic carbocycles. The van der Waals surface area contributed by atoms with Gasteiger partial charge in [-0.2, -0.15) is 5.26 Å². The van der Waals surface area contributed by atoms with Gasteiger partial charge in [0.1, 0.15) is 23.0 Å². The largest absolute Gasteiger partial charge is 0.494 e. The second kappa shape index (κ2) is 9.23. The summed E-state index contributed by atoms with van der Waals surface area (Å²) >= 11 is 0. The minimum atomic E-state index is -0.250. The zero-order valence-electron chi connectivity index (χ0n) is 21.6. The van der Waals surface area contributed by atoms with Crippen LogP contribution in [0.3, 0.4) is 0 Å². The quantitative estimate of drug-likeness (QED) is 0.499. The Morgan fingerprint density at radius 3 is 2.58 bits per heavy atom. The summed E-state index contributed by atoms with van der Waals surface area (Å²) in [6.07, 6.45) is 5.86. The first-order valence-electron chi connectivity index (χ1n) is 12.3. The van der Waals surface area contributed by atoms with Crippen molar-refractivity contribution in [3.8, 4) is 23.1 Å². The Hall–Kier alpha value is -3.99. The first kappa shape index (κ1) is 23.7. The highest BCUT2D eigenvalue weighted by Gasteiger charge is 2.32. The number of hydrogen-bond acceptors (Lipinski definition) is 8. The monoisotopic (exact) mass is 484 g/mol. The van der Waals surface area contributed by atoms with Gasteiger partial charge in [0.2, 0.25) is 0 Å². The Labute approximate surface area is 212 Å². The molecule has 0 amide bonds. The minimum Gasteiger partial charge on any atom is -0.494 e. The third kappa shape index (κ3) is 4.49. The predicted molar refractivity (Wildman–Crippen MR) is 140 cm³/mol. The van der Waals surface area contributed by atoms with E-state index in [9.17, 15) is 5.26 Å². The maximum Gasteiger partial charge on any atom is 0.191 e. The second-order valence-corrected chi connectivity index (χ2v) is 9.92. The summed E-state index contributed by atoms with van der Waals surface area (Å²) in [4.78, 5) is 11.8. The van der Waals surface area contributed by atoms with Crippen molar-refractivity contribution in [2.45, 2.75) is 47.1 Å². The fraction of sp³-hybridized carbons (Fsp3) is 0.393. The number of benzene rings is 1. The van der Waals surface area contributed by atoms with E-state index in [4.69, 9.17) is 14.1 Å². The molecular formula is C28H32N6O2. The van der Waals surface area contributed by atoms with E-state index in [2.05, 4.69) is 45.5 Å². The maximum absolute atomic E-state index is 9.53. The molecular weight excluding hydrogens is 452 g/mol. The molecule has 0 atom stereocenters. The third-order valence-electron chi connectivity index (χ3n) is 7.11. The van der Waals surface area contributed by atoms with Crippen molar-refractivity contribution >= 4 is 17.6 Å². The molecule has 4 heterocycles. The van der Waals surface area contributed by atoms with Crippen LogP contribution in [-0.2, 0) is 6.54 Å². The molecule has 0 radical (unpaired) electrons. The zero-order valence-corrected chi connectivity index (χ0v) is 21.6. The Balaban J connectivity index is 1.38. The van der Waals surface area contributed by atoms with Gasteiger partial charge in [0.25, 0.3) is 0 Å². The van der Waals surface area contributed by atoms with Gasteiger partial charge in [-0.15, -0.1) is 0 Å². The number of hydrogen-bond donors (Lipinski definition) is 1. The van der Waals surface area contributed by atoms with Crippen molar-refractivity contribution in [2.24, 2.45) is 5.41 Å². The predicted octanol–water partition coefficient (Wildman–Crippen LogP) is 5.61. The molecule has 8 nitrogen and oxygen atoms in total. The highest BCUT2D eigenvalue weighted by Crippen LogP contribution is 2.37. The first-order valence-corrected chi connectivity index (χ1v) is 12.3. The number of aryl methyl sites for hydroxylation is 3. The van der Waals surface area contributed by atoms with Crippen LogP contribution in [0.25, 0.3) is 17.3 Å². The number of fused-ring (bicyclic) bond motifs is 1. The van der Waals surface area contributed by atoms with Gasteiger partial charge < -0.3 is 14.1 Å². The Kier molecular flexibility index (Phi) is 6.09. The highest BCUT2D eigenvalue weighted by atomic mass is 16.5. The number of nitrogens with zero attached hydrogens (tertiary/aromatic N) is 5. The summed E-state index contributed by atoms with van der Waals surface area (Å²) in [6, 6.07) is 10.6. The summed E-state index contributed by atoms with van der Waals surface area (Å²) in [5, 5.41) is 11.6. The van der Waals surface area contributed by atoms with Crippen LogP contribution in [0.5, 0.6) is 5.75 Å². The van der Waals surface area contributed by atoms with Crippen LogP contribution in [0.4, 0.5) is 11.5 Å². The fourth-order valence-corrected chi connectivity index (χ4v) is 4.96. The van der Waals surface area contributed by atoms with Crippen molar-refractivity contribution in [3.63, 3.8) is 0 Å². The number of methoxy groups -OCH3 is 1. The molecule has 1 N–H and O–H groups in total. The van der Waals surface area contributed by atoms with Crippen LogP contribution in [-0.4, -0.2) is 35.2 Å². The van der Waals surface area contributed by atoms with Gasteiger partial charge >= 0.3 is 0 Å². The lowest BCUT2D eigenvalue weighted by Gasteiger charge is -2.38. The normalized spacial score (nSPS) is 16.4. The molecule has 1 saturated heterocycles. The van der Waals surface area contributed by atoms with Crippen molar-refractivity contribution in [1.29, 1.82) is 5.26 Å². The molecule has 2 aliphatic rings. The summed E-state index contributed by atoms with van der Waals surface area (Å²) in [7, 11) is 1.67. The highest BCUT2D eigenvalue weighted by molar-refractivity contribution is 5.70. The van der Waals surface area contributed by atoms with Gasteiger partial charge in [-0.05, 0) is 63.5 Å². The molecule has 186 valence electrons. The fourth-order valence-electron chi connectivity index (χ4n) is 4.96. The first-order chi connectivity index (χ1) is 17.3. The van der Waals surface area contributed by atoms with Crippen molar-refractivity contribution in [3.05, 3.63) is 58.9 Å². The molecule has 0 saturated carbocycles. The van der Waals surface area contributed by atoms with Gasteiger partial charge in [-0.3, -0.25) is 10.4 Å². The average Bonchev–Trinajstić information content (AvgIpc) is 3.22. The average molecular weight is 485 g/mol. The van der Waals surface area contributed by atoms with Crippen molar-refractivity contribution < 1.29 is 9.15 Å². The van der Waals surface area contributed by atoms with Crippen LogP contribution < -0.4 is 15.1 Å². The SMILES string of the molecule is COc1cc(-c2nc(C)oc2C)ccc1NN1C=Cc2cc(C)nc(N3CCC(C)(C#N)CC3)c2C1. The summed E-state index contributed by atoms with van der Waals surface area (Å²) in [5.74, 6) is 3.17. The standard InChI is InChI=1S/C28H32N6O2/c1-18-14-21-8-11-34(16-23(21)27(30-18)33-12-9-28(4,17-29)10-13-33)32-24-7-6-22(15-25(24)35-5)26-19(2)36-20(3)31-26/h6-8,11,14-15,32H,9-10,12-13,16H2,1-5H3. The van der Waals surface area contributed by atoms with Crippen molar-refractivity contribution in [1.82, 2.24) is 15.0 Å². The van der Waals surface area contributed by atoms with E-state index in [1.165, 1.54) is 11.1 Å². The molecule has 8 heteroatoms. The number of hydrazine groups is 1. The third-order valence-corrected chi connectivity index (χ3v) is 7.11. The number of ether oxygens (including phenoxy) is 1. The van der Waals surface area contributed by atoms with Gasteiger partial charge in [0.05, 0.1) is 30.8 Å². The number of rotatable bonds is 5. The van der Waals surface area contributed by atoms with Crippen LogP contribution in [0.1, 0.15) is 48.2 Å². The molecule has 0 unspecified atom stereocenters. The van der Waals surface area contributed by atoms with Gasteiger partial charge in [0.15, 0.2) is 5.89 Å². The number of pyridine rings is 1. The van der Waals surface area contributed by atoms with E-state index in [1.54, 1.807) is 7.11 Å². The lowest BCUT2D eigenvalue weighted by Crippen LogP contribution is -2.40. The van der Waals surface area contributed by atoms with E-state index < -0.39 is 0 Å². The molecule has 2 aliphatic heterocycles. The number of oxazole rings is 1. The Morgan fingerprint density at radius 1 is 1.14 bits per heavy atom. The van der Waals surface area contributed by atoms with Gasteiger partial charge in [0, 0.05) is 43.0 Å². The topological polar surface area (TPSA) is 90.5 Å². The molecule has 36 heavy (non-hydrogen) atoms. The molecule has 0 spiro atoms. The summed E-state index contributed by atoms with van der Waals surface area (Å²) in [5.41, 5.74) is 9.24. The van der Waals surface area contributed by atoms with E-state index in [-0.39, 0.29) is 5.41 Å². The lowest BCUT2D eigenvalue weighted by molar-refractivity contribution is 0.335. The Bertz CT molecular complexity index is 1360. The molecule has 5 rings (SSSR count). The van der Waals surface area contributed by atoms with Crippen molar-refractivity contribution in [2.75, 3.05) is 30.5 Å². The molecule has 0 bridgehead atoms. The summed E-state index contributed by atoms with van der Waals surface area (Å²) in [6.45, 7) is 10.2. The molecule has 0 aliphatic carbocycles. The smallest absolute Gasteiger partial charge is 0.191 e. The number of piperidine rings is 1. The second-order valence-electron chi connectivity index (χ2n) is 9.92. The van der Waals surface area contributed by atoms with E-state index in [0.29, 0.717) is 12.4 Å². The maximum atomic E-state index is 9.53.